The van der Waals surface area contributed by atoms with Crippen molar-refractivity contribution in [2.45, 2.75) is 32.2 Å². The molecule has 1 unspecified atom stereocenters. The van der Waals surface area contributed by atoms with Gasteiger partial charge >= 0.3 is 0 Å². The third-order valence-electron chi connectivity index (χ3n) is 5.21. The van der Waals surface area contributed by atoms with Crippen LogP contribution in [0.2, 0.25) is 5.02 Å². The summed E-state index contributed by atoms with van der Waals surface area (Å²) in [6, 6.07) is 0.163. The highest BCUT2D eigenvalue weighted by Gasteiger charge is 2.42. The van der Waals surface area contributed by atoms with Gasteiger partial charge in [-0.05, 0) is 25.8 Å². The average molecular weight is 439 g/mol. The lowest BCUT2D eigenvalue weighted by Crippen LogP contribution is -2.57. The Labute approximate surface area is 176 Å². The Morgan fingerprint density at radius 3 is 2.77 bits per heavy atom. The lowest BCUT2D eigenvalue weighted by Gasteiger charge is -2.43. The molecule has 2 amide bonds. The Morgan fingerprint density at radius 1 is 1.50 bits per heavy atom. The number of halogens is 3. The average Bonchev–Trinajstić information content (AvgIpc) is 2.94. The molecule has 4 N–H and O–H groups in total. The highest BCUT2D eigenvalue weighted by molar-refractivity contribution is 6.38. The van der Waals surface area contributed by atoms with Gasteiger partial charge in [-0.3, -0.25) is 9.59 Å². The summed E-state index contributed by atoms with van der Waals surface area (Å²) in [7, 11) is 1.44. The predicted octanol–water partition coefficient (Wildman–Crippen LogP) is 2.09. The smallest absolute Gasteiger partial charge is 0.298 e. The van der Waals surface area contributed by atoms with E-state index in [9.17, 15) is 19.1 Å². The molecule has 1 fully saturated rings. The van der Waals surface area contributed by atoms with Gasteiger partial charge in [0.05, 0.1) is 34.4 Å². The molecule has 160 valence electrons. The van der Waals surface area contributed by atoms with Crippen molar-refractivity contribution in [3.8, 4) is 11.8 Å². The van der Waals surface area contributed by atoms with Crippen LogP contribution in [0.25, 0.3) is 10.9 Å². The second kappa shape index (κ2) is 7.78. The van der Waals surface area contributed by atoms with Crippen molar-refractivity contribution >= 4 is 40.0 Å². The van der Waals surface area contributed by atoms with Crippen LogP contribution in [0.3, 0.4) is 0 Å². The number of hydrogen-bond donors (Lipinski definition) is 3. The van der Waals surface area contributed by atoms with Crippen LogP contribution in [-0.4, -0.2) is 58.8 Å². The number of benzene rings is 1. The molecule has 0 radical (unpaired) electrons. The number of H-pyrrole nitrogens is 1. The number of carbonyl (C=O) groups excluding carboxylic acids is 2. The van der Waals surface area contributed by atoms with Crippen molar-refractivity contribution in [1.82, 2.24) is 9.88 Å². The molecule has 1 aliphatic heterocycles. The van der Waals surface area contributed by atoms with Crippen LogP contribution in [0.5, 0.6) is 0 Å². The molecule has 2 heterocycles. The van der Waals surface area contributed by atoms with Crippen LogP contribution in [-0.2, 0) is 4.79 Å². The zero-order valence-corrected chi connectivity index (χ0v) is 17.4. The summed E-state index contributed by atoms with van der Waals surface area (Å²) in [6.45, 7) is 2.60. The molecular weight excluding hydrogens is 418 g/mol. The Hall–Kier alpha value is -2.83. The third-order valence-corrected chi connectivity index (χ3v) is 5.68. The number of aliphatic hydroxyl groups is 1. The number of anilines is 1. The molecule has 30 heavy (non-hydrogen) atoms. The quantitative estimate of drug-likeness (QED) is 0.638. The van der Waals surface area contributed by atoms with Gasteiger partial charge in [0, 0.05) is 31.1 Å². The highest BCUT2D eigenvalue weighted by Crippen LogP contribution is 2.41. The topological polar surface area (TPSA) is 103 Å². The molecule has 1 aromatic carbocycles. The van der Waals surface area contributed by atoms with Crippen molar-refractivity contribution in [3.05, 3.63) is 28.2 Å². The van der Waals surface area contributed by atoms with Gasteiger partial charge < -0.3 is 25.6 Å². The number of alkyl halides is 1. The number of likely N-dealkylation sites (N-methyl/N-ethyl adjacent to an activating group) is 1. The molecule has 10 heteroatoms. The van der Waals surface area contributed by atoms with E-state index in [1.165, 1.54) is 23.8 Å². The van der Waals surface area contributed by atoms with E-state index in [2.05, 4.69) is 16.8 Å². The van der Waals surface area contributed by atoms with Crippen LogP contribution in [0.4, 0.5) is 14.5 Å². The number of primary amides is 1. The lowest BCUT2D eigenvalue weighted by atomic mass is 9.97. The van der Waals surface area contributed by atoms with Crippen molar-refractivity contribution in [1.29, 1.82) is 0 Å². The fourth-order valence-corrected chi connectivity index (χ4v) is 4.04. The first kappa shape index (κ1) is 21.9. The van der Waals surface area contributed by atoms with Crippen LogP contribution in [0.15, 0.2) is 6.07 Å². The molecule has 0 saturated carbocycles. The fourth-order valence-electron chi connectivity index (χ4n) is 3.81. The standard InChI is InChI=1S/C20H21ClF2N4O3/c1-4-5-14(28)26(3)11-7-20(23,30)9-27(8-11)18-13(22)6-12(19(24)29)17-15(18)16(21)10(2)25-17/h6,11,25,30H,7-9H2,1-3H3,(H2,24,29)/t11-,20?/m0/s1. The van der Waals surface area contributed by atoms with Gasteiger partial charge in [0.25, 0.3) is 11.8 Å². The van der Waals surface area contributed by atoms with Gasteiger partial charge in [-0.1, -0.05) is 17.5 Å². The van der Waals surface area contributed by atoms with E-state index in [1.807, 2.05) is 0 Å². The molecule has 0 bridgehead atoms. The fraction of sp³-hybridized carbons (Fsp3) is 0.400. The summed E-state index contributed by atoms with van der Waals surface area (Å²) in [4.78, 5) is 29.3. The van der Waals surface area contributed by atoms with Crippen molar-refractivity contribution in [2.75, 3.05) is 25.0 Å². The van der Waals surface area contributed by atoms with E-state index in [1.54, 1.807) is 6.92 Å². The number of fused-ring (bicyclic) bond motifs is 1. The van der Waals surface area contributed by atoms with Gasteiger partial charge in [0.15, 0.2) is 0 Å². The van der Waals surface area contributed by atoms with Crippen LogP contribution >= 0.6 is 11.6 Å². The summed E-state index contributed by atoms with van der Waals surface area (Å²) in [5.41, 5.74) is 5.86. The summed E-state index contributed by atoms with van der Waals surface area (Å²) in [5.74, 6) is -0.120. The molecule has 1 aliphatic rings. The van der Waals surface area contributed by atoms with E-state index in [4.69, 9.17) is 17.3 Å². The minimum absolute atomic E-state index is 0.0162. The largest absolute Gasteiger partial charge is 0.366 e. The number of rotatable bonds is 3. The molecule has 1 saturated heterocycles. The number of piperidine rings is 1. The molecule has 2 aromatic rings. The first-order chi connectivity index (χ1) is 14.0. The SMILES string of the molecule is CC#CC(=O)N(C)[C@@H]1CN(c2c(F)cc(C(N)=O)c3[nH]c(C)c(Cl)c23)CC(O)(F)C1. The lowest BCUT2D eigenvalue weighted by molar-refractivity contribution is -0.134. The second-order valence-electron chi connectivity index (χ2n) is 7.38. The molecule has 2 atom stereocenters. The number of aryl methyl sites for hydroxylation is 1. The third kappa shape index (κ3) is 3.80. The number of amides is 2. The van der Waals surface area contributed by atoms with Crippen LogP contribution in [0, 0.1) is 24.6 Å². The molecule has 1 aromatic heterocycles. The highest BCUT2D eigenvalue weighted by atomic mass is 35.5. The number of carbonyl (C=O) groups is 2. The minimum atomic E-state index is -2.70. The molecular formula is C20H21ClF2N4O3. The molecule has 3 rings (SSSR count). The van der Waals surface area contributed by atoms with Gasteiger partial charge in [-0.25, -0.2) is 8.78 Å². The Morgan fingerprint density at radius 2 is 2.17 bits per heavy atom. The molecule has 0 spiro atoms. The molecule has 0 aliphatic carbocycles. The first-order valence-electron chi connectivity index (χ1n) is 9.12. The van der Waals surface area contributed by atoms with Crippen LogP contribution in [0.1, 0.15) is 29.4 Å². The maximum Gasteiger partial charge on any atom is 0.298 e. The number of β-amino-alcohol motifs (C(OH)–C–C–N with tert-alkyl or cyclic N) is 1. The van der Waals surface area contributed by atoms with Gasteiger partial charge in [-0.15, -0.1) is 0 Å². The van der Waals surface area contributed by atoms with Gasteiger partial charge in [0.2, 0.25) is 5.85 Å². The number of nitrogens with one attached hydrogen (secondary N) is 1. The summed E-state index contributed by atoms with van der Waals surface area (Å²) >= 11 is 6.36. The number of nitrogens with two attached hydrogens (primary N) is 1. The van der Waals surface area contributed by atoms with Crippen molar-refractivity contribution in [2.24, 2.45) is 5.73 Å². The first-order valence-corrected chi connectivity index (χ1v) is 9.50. The summed E-state index contributed by atoms with van der Waals surface area (Å²) in [6.07, 6.45) is -0.360. The zero-order chi connectivity index (χ0) is 22.4. The second-order valence-corrected chi connectivity index (χ2v) is 7.76. The predicted molar refractivity (Wildman–Crippen MR) is 109 cm³/mol. The maximum absolute atomic E-state index is 15.1. The Kier molecular flexibility index (Phi) is 5.67. The van der Waals surface area contributed by atoms with Crippen LogP contribution < -0.4 is 10.6 Å². The minimum Gasteiger partial charge on any atom is -0.366 e. The Balaban J connectivity index is 2.15. The van der Waals surface area contributed by atoms with Crippen molar-refractivity contribution < 1.29 is 23.5 Å². The van der Waals surface area contributed by atoms with E-state index in [0.29, 0.717) is 5.69 Å². The summed E-state index contributed by atoms with van der Waals surface area (Å²) < 4.78 is 30.0. The number of aromatic amines is 1. The number of nitrogens with zero attached hydrogens (tertiary/aromatic N) is 2. The monoisotopic (exact) mass is 438 g/mol. The van der Waals surface area contributed by atoms with E-state index in [0.717, 1.165) is 6.07 Å². The molecule has 7 nitrogen and oxygen atoms in total. The zero-order valence-electron chi connectivity index (χ0n) is 16.6. The maximum atomic E-state index is 15.1. The normalized spacial score (nSPS) is 21.3. The van der Waals surface area contributed by atoms with Gasteiger partial charge in [0.1, 0.15) is 5.82 Å². The van der Waals surface area contributed by atoms with Gasteiger partial charge in [-0.2, -0.15) is 0 Å². The number of hydrogen-bond acceptors (Lipinski definition) is 4. The van der Waals surface area contributed by atoms with E-state index < -0.39 is 36.1 Å². The van der Waals surface area contributed by atoms with E-state index in [-0.39, 0.29) is 40.1 Å². The summed E-state index contributed by atoms with van der Waals surface area (Å²) in [5, 5.41) is 10.5. The Bertz CT molecular complexity index is 1100. The number of aromatic nitrogens is 1. The van der Waals surface area contributed by atoms with Crippen molar-refractivity contribution in [3.63, 3.8) is 0 Å². The van der Waals surface area contributed by atoms with E-state index >= 15 is 4.39 Å².